The molecule has 0 atom stereocenters. The SMILES string of the molecule is O=C(NCc1ccc(Cl)cc1)c1ccc(CNS(=O)(=O)c2ccc(Br)cc2)cc1. The Bertz CT molecular complexity index is 1080. The average Bonchev–Trinajstić information content (AvgIpc) is 2.72. The van der Waals surface area contributed by atoms with Gasteiger partial charge in [-0.2, -0.15) is 0 Å². The number of carbonyl (C=O) groups excluding carboxylic acids is 1. The lowest BCUT2D eigenvalue weighted by Crippen LogP contribution is -2.24. The monoisotopic (exact) mass is 492 g/mol. The van der Waals surface area contributed by atoms with Crippen molar-refractivity contribution in [1.82, 2.24) is 10.0 Å². The van der Waals surface area contributed by atoms with Gasteiger partial charge in [0.2, 0.25) is 10.0 Å². The van der Waals surface area contributed by atoms with E-state index in [4.69, 9.17) is 11.6 Å². The van der Waals surface area contributed by atoms with Crippen LogP contribution in [0.5, 0.6) is 0 Å². The van der Waals surface area contributed by atoms with Gasteiger partial charge in [-0.15, -0.1) is 0 Å². The van der Waals surface area contributed by atoms with Gasteiger partial charge in [-0.3, -0.25) is 4.79 Å². The van der Waals surface area contributed by atoms with E-state index in [1.165, 1.54) is 12.1 Å². The number of hydrogen-bond donors (Lipinski definition) is 2. The number of amides is 1. The summed E-state index contributed by atoms with van der Waals surface area (Å²) in [4.78, 5) is 12.5. The Morgan fingerprint density at radius 1 is 0.828 bits per heavy atom. The lowest BCUT2D eigenvalue weighted by Gasteiger charge is -2.09. The number of nitrogens with one attached hydrogen (secondary N) is 2. The first-order valence-electron chi connectivity index (χ1n) is 8.70. The van der Waals surface area contributed by atoms with Gasteiger partial charge in [-0.1, -0.05) is 51.8 Å². The molecule has 3 rings (SSSR count). The van der Waals surface area contributed by atoms with Gasteiger partial charge in [-0.05, 0) is 59.7 Å². The second-order valence-electron chi connectivity index (χ2n) is 6.28. The molecule has 3 aromatic carbocycles. The van der Waals surface area contributed by atoms with E-state index in [1.807, 2.05) is 12.1 Å². The molecule has 0 unspecified atom stereocenters. The maximum atomic E-state index is 12.3. The summed E-state index contributed by atoms with van der Waals surface area (Å²) in [5.74, 6) is -0.207. The summed E-state index contributed by atoms with van der Waals surface area (Å²) in [6, 6.07) is 20.4. The van der Waals surface area contributed by atoms with Crippen LogP contribution in [0.3, 0.4) is 0 Å². The van der Waals surface area contributed by atoms with E-state index < -0.39 is 10.0 Å². The third-order valence-electron chi connectivity index (χ3n) is 4.17. The van der Waals surface area contributed by atoms with E-state index in [1.54, 1.807) is 48.5 Å². The Hall–Kier alpha value is -2.19. The molecule has 0 saturated carbocycles. The zero-order chi connectivity index (χ0) is 20.9. The molecular formula is C21H18BrClN2O3S. The molecule has 0 aliphatic rings. The fraction of sp³-hybridized carbons (Fsp3) is 0.0952. The molecule has 29 heavy (non-hydrogen) atoms. The molecule has 150 valence electrons. The van der Waals surface area contributed by atoms with E-state index in [2.05, 4.69) is 26.0 Å². The Labute approximate surface area is 183 Å². The second-order valence-corrected chi connectivity index (χ2v) is 9.40. The van der Waals surface area contributed by atoms with Crippen molar-refractivity contribution in [3.63, 3.8) is 0 Å². The van der Waals surface area contributed by atoms with Crippen LogP contribution >= 0.6 is 27.5 Å². The van der Waals surface area contributed by atoms with E-state index >= 15 is 0 Å². The summed E-state index contributed by atoms with van der Waals surface area (Å²) in [6.07, 6.45) is 0. The van der Waals surface area contributed by atoms with Crippen molar-refractivity contribution >= 4 is 43.5 Å². The first-order valence-corrected chi connectivity index (χ1v) is 11.4. The lowest BCUT2D eigenvalue weighted by molar-refractivity contribution is 0.0951. The molecule has 0 aliphatic carbocycles. The second kappa shape index (κ2) is 9.54. The highest BCUT2D eigenvalue weighted by molar-refractivity contribution is 9.10. The van der Waals surface area contributed by atoms with Crippen LogP contribution in [-0.2, 0) is 23.1 Å². The third-order valence-corrected chi connectivity index (χ3v) is 6.37. The smallest absolute Gasteiger partial charge is 0.251 e. The number of rotatable bonds is 7. The molecule has 2 N–H and O–H groups in total. The molecular weight excluding hydrogens is 476 g/mol. The fourth-order valence-corrected chi connectivity index (χ4v) is 3.94. The molecule has 0 saturated heterocycles. The van der Waals surface area contributed by atoms with Crippen molar-refractivity contribution in [3.8, 4) is 0 Å². The van der Waals surface area contributed by atoms with Crippen molar-refractivity contribution < 1.29 is 13.2 Å². The Balaban J connectivity index is 1.56. The van der Waals surface area contributed by atoms with Crippen molar-refractivity contribution in [3.05, 3.63) is 99.0 Å². The number of sulfonamides is 1. The highest BCUT2D eigenvalue weighted by Gasteiger charge is 2.13. The quantitative estimate of drug-likeness (QED) is 0.508. The average molecular weight is 494 g/mol. The van der Waals surface area contributed by atoms with E-state index in [9.17, 15) is 13.2 Å². The van der Waals surface area contributed by atoms with Crippen LogP contribution in [0, 0.1) is 0 Å². The van der Waals surface area contributed by atoms with Crippen LogP contribution in [-0.4, -0.2) is 14.3 Å². The Kier molecular flexibility index (Phi) is 7.08. The van der Waals surface area contributed by atoms with Gasteiger partial charge in [-0.25, -0.2) is 13.1 Å². The normalized spacial score (nSPS) is 11.2. The molecule has 8 heteroatoms. The van der Waals surface area contributed by atoms with Gasteiger partial charge >= 0.3 is 0 Å². The van der Waals surface area contributed by atoms with Gasteiger partial charge < -0.3 is 5.32 Å². The van der Waals surface area contributed by atoms with E-state index in [0.29, 0.717) is 17.1 Å². The minimum Gasteiger partial charge on any atom is -0.348 e. The minimum absolute atomic E-state index is 0.130. The standard InChI is InChI=1S/C21H18BrClN2O3S/c22-18-7-11-20(12-8-18)29(27,28)25-14-16-1-5-17(6-2-16)21(26)24-13-15-3-9-19(23)10-4-15/h1-12,25H,13-14H2,(H,24,26). The summed E-state index contributed by atoms with van der Waals surface area (Å²) in [5.41, 5.74) is 2.19. The molecule has 0 bridgehead atoms. The number of hydrogen-bond acceptors (Lipinski definition) is 3. The predicted octanol–water partition coefficient (Wildman–Crippen LogP) is 4.51. The molecule has 1 amide bonds. The molecule has 0 aromatic heterocycles. The zero-order valence-corrected chi connectivity index (χ0v) is 18.4. The molecule has 0 spiro atoms. The number of benzene rings is 3. The number of halogens is 2. The number of carbonyl (C=O) groups is 1. The summed E-state index contributed by atoms with van der Waals surface area (Å²) < 4.78 is 28.0. The summed E-state index contributed by atoms with van der Waals surface area (Å²) in [6.45, 7) is 0.524. The molecule has 0 fully saturated rings. The highest BCUT2D eigenvalue weighted by atomic mass is 79.9. The van der Waals surface area contributed by atoms with Crippen LogP contribution in [0.2, 0.25) is 5.02 Å². The van der Waals surface area contributed by atoms with Crippen molar-refractivity contribution in [2.75, 3.05) is 0 Å². The summed E-state index contributed by atoms with van der Waals surface area (Å²) >= 11 is 9.13. The highest BCUT2D eigenvalue weighted by Crippen LogP contribution is 2.15. The van der Waals surface area contributed by atoms with Crippen molar-refractivity contribution in [1.29, 1.82) is 0 Å². The first-order chi connectivity index (χ1) is 13.8. The largest absolute Gasteiger partial charge is 0.348 e. The van der Waals surface area contributed by atoms with Gasteiger partial charge in [0.25, 0.3) is 5.91 Å². The van der Waals surface area contributed by atoms with E-state index in [0.717, 1.165) is 15.6 Å². The zero-order valence-electron chi connectivity index (χ0n) is 15.2. The van der Waals surface area contributed by atoms with Crippen LogP contribution in [0.25, 0.3) is 0 Å². The maximum Gasteiger partial charge on any atom is 0.251 e. The van der Waals surface area contributed by atoms with Gasteiger partial charge in [0, 0.05) is 28.1 Å². The first kappa shape index (κ1) is 21.5. The fourth-order valence-electron chi connectivity index (χ4n) is 2.54. The predicted molar refractivity (Wildman–Crippen MR) is 117 cm³/mol. The minimum atomic E-state index is -3.60. The molecule has 5 nitrogen and oxygen atoms in total. The maximum absolute atomic E-state index is 12.3. The van der Waals surface area contributed by atoms with Crippen molar-refractivity contribution in [2.24, 2.45) is 0 Å². The van der Waals surface area contributed by atoms with Gasteiger partial charge in [0.15, 0.2) is 0 Å². The molecule has 0 radical (unpaired) electrons. The van der Waals surface area contributed by atoms with Crippen molar-refractivity contribution in [2.45, 2.75) is 18.0 Å². The van der Waals surface area contributed by atoms with E-state index in [-0.39, 0.29) is 17.3 Å². The topological polar surface area (TPSA) is 75.3 Å². The van der Waals surface area contributed by atoms with Crippen LogP contribution in [0.1, 0.15) is 21.5 Å². The molecule has 3 aromatic rings. The lowest BCUT2D eigenvalue weighted by atomic mass is 10.1. The summed E-state index contributed by atoms with van der Waals surface area (Å²) in [7, 11) is -3.60. The summed E-state index contributed by atoms with van der Waals surface area (Å²) in [5, 5.41) is 3.48. The molecule has 0 heterocycles. The van der Waals surface area contributed by atoms with Crippen LogP contribution in [0.4, 0.5) is 0 Å². The Morgan fingerprint density at radius 3 is 2.00 bits per heavy atom. The Morgan fingerprint density at radius 2 is 1.38 bits per heavy atom. The third kappa shape index (κ3) is 6.14. The van der Waals surface area contributed by atoms with Crippen LogP contribution in [0.15, 0.2) is 82.2 Å². The van der Waals surface area contributed by atoms with Crippen LogP contribution < -0.4 is 10.0 Å². The van der Waals surface area contributed by atoms with Gasteiger partial charge in [0.1, 0.15) is 0 Å². The molecule has 0 aliphatic heterocycles. The van der Waals surface area contributed by atoms with Gasteiger partial charge in [0.05, 0.1) is 4.90 Å².